The maximum Gasteiger partial charge on any atom is 0.334 e. The molecule has 198 valence electrons. The van der Waals surface area contributed by atoms with Gasteiger partial charge in [-0.25, -0.2) is 9.59 Å². The van der Waals surface area contributed by atoms with Crippen LogP contribution in [0.25, 0.3) is 0 Å². The first-order chi connectivity index (χ1) is 17.0. The summed E-state index contributed by atoms with van der Waals surface area (Å²) in [6, 6.07) is -1.33. The van der Waals surface area contributed by atoms with Crippen LogP contribution in [0.2, 0.25) is 0 Å². The van der Waals surface area contributed by atoms with E-state index in [2.05, 4.69) is 0 Å². The molecule has 0 aromatic carbocycles. The molecule has 0 atom stereocenters. The highest BCUT2D eigenvalue weighted by molar-refractivity contribution is 6.29. The summed E-state index contributed by atoms with van der Waals surface area (Å²) in [4.78, 5) is 69.9. The topological polar surface area (TPSA) is 160 Å². The molecule has 4 N–H and O–H groups in total. The van der Waals surface area contributed by atoms with Gasteiger partial charge in [0.05, 0.1) is 6.61 Å². The van der Waals surface area contributed by atoms with Gasteiger partial charge in [0.2, 0.25) is 0 Å². The fourth-order valence-corrected chi connectivity index (χ4v) is 6.46. The predicted octanol–water partition coefficient (Wildman–Crippen LogP) is 0.708. The number of ether oxygens (including phenoxy) is 1. The summed E-state index contributed by atoms with van der Waals surface area (Å²) < 4.78 is 5.15. The molecule has 4 aliphatic rings. The van der Waals surface area contributed by atoms with Crippen LogP contribution in [0.4, 0.5) is 9.59 Å². The average molecular weight is 505 g/mol. The van der Waals surface area contributed by atoms with Crippen molar-refractivity contribution in [1.82, 2.24) is 19.6 Å². The van der Waals surface area contributed by atoms with E-state index < -0.39 is 29.4 Å². The molecular formula is C24H36N6O6. The third kappa shape index (κ3) is 3.82. The Hall–Kier alpha value is -3.15. The molecule has 12 nitrogen and oxygen atoms in total. The average Bonchev–Trinajstić information content (AvgIpc) is 2.99. The second-order valence-electron chi connectivity index (χ2n) is 10.5. The van der Waals surface area contributed by atoms with Crippen LogP contribution in [-0.4, -0.2) is 94.8 Å². The number of urea groups is 2. The van der Waals surface area contributed by atoms with Crippen molar-refractivity contribution in [2.45, 2.75) is 69.9 Å². The van der Waals surface area contributed by atoms with Crippen molar-refractivity contribution in [2.24, 2.45) is 16.9 Å². The van der Waals surface area contributed by atoms with Crippen molar-refractivity contribution in [3.63, 3.8) is 0 Å². The van der Waals surface area contributed by atoms with Crippen LogP contribution in [0.1, 0.15) is 58.3 Å². The highest BCUT2D eigenvalue weighted by Gasteiger charge is 2.68. The van der Waals surface area contributed by atoms with Crippen molar-refractivity contribution >= 4 is 29.8 Å². The predicted molar refractivity (Wildman–Crippen MR) is 128 cm³/mol. The molecule has 2 aliphatic heterocycles. The number of nitrogens with two attached hydrogens (primary N) is 2. The van der Waals surface area contributed by atoms with Crippen LogP contribution >= 0.6 is 0 Å². The van der Waals surface area contributed by atoms with Gasteiger partial charge < -0.3 is 21.1 Å². The molecule has 36 heavy (non-hydrogen) atoms. The van der Waals surface area contributed by atoms with E-state index in [0.717, 1.165) is 16.2 Å². The van der Waals surface area contributed by atoms with Crippen molar-refractivity contribution in [3.8, 4) is 0 Å². The van der Waals surface area contributed by atoms with Gasteiger partial charge in [0.15, 0.2) is 0 Å². The number of unbranched alkanes of at least 4 members (excludes halogenated alkanes) is 1. The number of barbiturate groups is 1. The number of methoxy groups -OCH3 is 1. The van der Waals surface area contributed by atoms with Crippen LogP contribution in [-0.2, 0) is 19.1 Å². The highest BCUT2D eigenvalue weighted by Crippen LogP contribution is 2.61. The van der Waals surface area contributed by atoms with E-state index in [1.165, 1.54) is 11.9 Å². The molecule has 2 aliphatic carbocycles. The normalized spacial score (nSPS) is 30.8. The molecule has 0 radical (unpaired) electrons. The summed E-state index contributed by atoms with van der Waals surface area (Å²) in [5.41, 5.74) is 10.0. The van der Waals surface area contributed by atoms with E-state index in [1.807, 2.05) is 6.92 Å². The number of carbonyl (C=O) groups excluding carboxylic acids is 5. The van der Waals surface area contributed by atoms with Crippen LogP contribution in [0.3, 0.4) is 0 Å². The van der Waals surface area contributed by atoms with Crippen molar-refractivity contribution in [1.29, 1.82) is 0 Å². The summed E-state index contributed by atoms with van der Waals surface area (Å²) in [7, 11) is 3.07. The maximum atomic E-state index is 13.2. The number of hydrogen-bond donors (Lipinski definition) is 2. The molecule has 7 amide bonds. The van der Waals surface area contributed by atoms with Gasteiger partial charge >= 0.3 is 12.1 Å². The lowest BCUT2D eigenvalue weighted by Crippen LogP contribution is -2.66. The van der Waals surface area contributed by atoms with Gasteiger partial charge in [0.25, 0.3) is 17.7 Å². The quantitative estimate of drug-likeness (QED) is 0.291. The minimum absolute atomic E-state index is 0.145. The first kappa shape index (κ1) is 25.9. The number of nitrogens with zero attached hydrogens (tertiary/aromatic N) is 4. The molecule has 4 fully saturated rings. The second-order valence-corrected chi connectivity index (χ2v) is 10.5. The van der Waals surface area contributed by atoms with E-state index in [1.54, 1.807) is 12.0 Å². The first-order valence-corrected chi connectivity index (χ1v) is 12.6. The van der Waals surface area contributed by atoms with Gasteiger partial charge in [-0.1, -0.05) is 13.3 Å². The molecule has 0 aromatic heterocycles. The van der Waals surface area contributed by atoms with Crippen LogP contribution < -0.4 is 11.5 Å². The molecule has 2 saturated carbocycles. The summed E-state index contributed by atoms with van der Waals surface area (Å²) in [5, 5.41) is 0. The Kier molecular flexibility index (Phi) is 6.76. The number of imide groups is 3. The highest BCUT2D eigenvalue weighted by atomic mass is 16.5. The van der Waals surface area contributed by atoms with Crippen molar-refractivity contribution < 1.29 is 28.7 Å². The van der Waals surface area contributed by atoms with Crippen LogP contribution in [0.15, 0.2) is 11.4 Å². The fourth-order valence-electron chi connectivity index (χ4n) is 6.46. The molecule has 0 unspecified atom stereocenters. The first-order valence-electron chi connectivity index (χ1n) is 12.6. The van der Waals surface area contributed by atoms with Gasteiger partial charge in [-0.05, 0) is 50.4 Å². The fraction of sp³-hybridized carbons (Fsp3) is 0.708. The largest absolute Gasteiger partial charge is 0.385 e. The summed E-state index contributed by atoms with van der Waals surface area (Å²) in [6.45, 7) is 2.82. The summed E-state index contributed by atoms with van der Waals surface area (Å²) >= 11 is 0. The Labute approximate surface area is 210 Å². The Bertz CT molecular complexity index is 1000. The van der Waals surface area contributed by atoms with Gasteiger partial charge in [-0.2, -0.15) is 0 Å². The number of hydrogen-bond acceptors (Lipinski definition) is 8. The molecule has 4 rings (SSSR count). The third-order valence-electron chi connectivity index (χ3n) is 8.32. The molecule has 2 saturated heterocycles. The van der Waals surface area contributed by atoms with E-state index in [-0.39, 0.29) is 35.3 Å². The Morgan fingerprint density at radius 2 is 1.64 bits per heavy atom. The lowest BCUT2D eigenvalue weighted by Gasteiger charge is -2.59. The second kappa shape index (κ2) is 9.38. The van der Waals surface area contributed by atoms with Gasteiger partial charge in [-0.3, -0.25) is 29.1 Å². The zero-order valence-electron chi connectivity index (χ0n) is 21.2. The Morgan fingerprint density at radius 1 is 1.00 bits per heavy atom. The number of rotatable bonds is 7. The van der Waals surface area contributed by atoms with Crippen molar-refractivity contribution in [3.05, 3.63) is 11.4 Å². The summed E-state index contributed by atoms with van der Waals surface area (Å²) in [5.74, 6) is -2.06. The Balaban J connectivity index is 1.49. The lowest BCUT2D eigenvalue weighted by atomic mass is 9.51. The summed E-state index contributed by atoms with van der Waals surface area (Å²) in [6.07, 6.45) is 4.94. The minimum atomic E-state index is -0.846. The lowest BCUT2D eigenvalue weighted by molar-refractivity contribution is -0.151. The minimum Gasteiger partial charge on any atom is -0.385 e. The van der Waals surface area contributed by atoms with Crippen LogP contribution in [0.5, 0.6) is 0 Å². The van der Waals surface area contributed by atoms with E-state index in [0.29, 0.717) is 58.1 Å². The van der Waals surface area contributed by atoms with Gasteiger partial charge in [0, 0.05) is 33.3 Å². The molecule has 0 aromatic rings. The smallest absolute Gasteiger partial charge is 0.334 e. The zero-order valence-corrected chi connectivity index (χ0v) is 21.2. The standard InChI is InChI=1S/C24H36N6O6/c1-4-5-10-28-18(31)16(17(25)26)19(32)30(22(28)35)15-6-8-23(9-7-15)13-24(14-23)20(33)27(2)21(34)29(24)11-12-36-3/h15H,4-14,25-26H2,1-3H3. The molecular weight excluding hydrogens is 468 g/mol. The van der Waals surface area contributed by atoms with E-state index in [9.17, 15) is 24.0 Å². The number of amides is 7. The van der Waals surface area contributed by atoms with Crippen LogP contribution in [0, 0.1) is 5.41 Å². The van der Waals surface area contributed by atoms with Crippen molar-refractivity contribution in [2.75, 3.05) is 33.9 Å². The maximum absolute atomic E-state index is 13.2. The zero-order chi connectivity index (χ0) is 26.4. The van der Waals surface area contributed by atoms with Gasteiger partial charge in [0.1, 0.15) is 16.9 Å². The number of likely N-dealkylation sites (N-methyl/N-ethyl adjacent to an activating group) is 1. The SMILES string of the molecule is CCCCN1C(=O)C(=C(N)N)C(=O)N(C2CCC3(CC2)CC2(C3)C(=O)N(C)C(=O)N2CCOC)C1=O. The molecule has 2 spiro atoms. The third-order valence-corrected chi connectivity index (χ3v) is 8.32. The van der Waals surface area contributed by atoms with E-state index >= 15 is 0 Å². The van der Waals surface area contributed by atoms with E-state index in [4.69, 9.17) is 16.2 Å². The molecule has 12 heteroatoms. The van der Waals surface area contributed by atoms with Gasteiger partial charge in [-0.15, -0.1) is 0 Å². The molecule has 2 heterocycles. The number of carbonyl (C=O) groups is 5. The Morgan fingerprint density at radius 3 is 2.19 bits per heavy atom. The monoisotopic (exact) mass is 504 g/mol. The molecule has 0 bridgehead atoms.